The number of hydrogen-bond acceptors (Lipinski definition) is 4. The molecular formula is C4H8NO4P. The monoisotopic (exact) mass is 165 g/mol. The molecule has 1 atom stereocenters. The van der Waals surface area contributed by atoms with Gasteiger partial charge in [0.15, 0.2) is 0 Å². The molecule has 0 aliphatic heterocycles. The lowest BCUT2D eigenvalue weighted by atomic mass is 10.9. The van der Waals surface area contributed by atoms with Gasteiger partial charge in [0, 0.05) is 0 Å². The Morgan fingerprint density at radius 3 is 2.70 bits per heavy atom. The lowest BCUT2D eigenvalue weighted by molar-refractivity contribution is 0.169. The maximum Gasteiger partial charge on any atom is 0.473 e. The Morgan fingerprint density at radius 2 is 2.30 bits per heavy atom. The Labute approximate surface area is 58.8 Å². The second-order valence-corrected chi connectivity index (χ2v) is 2.77. The van der Waals surface area contributed by atoms with E-state index >= 15 is 0 Å². The maximum absolute atomic E-state index is 10.5. The van der Waals surface area contributed by atoms with Crippen LogP contribution < -0.4 is 0 Å². The molecule has 1 N–H and O–H groups in total. The van der Waals surface area contributed by atoms with Gasteiger partial charge in [0.25, 0.3) is 0 Å². The Balaban J connectivity index is 3.67. The highest BCUT2D eigenvalue weighted by molar-refractivity contribution is 7.47. The molecule has 6 heteroatoms. The summed E-state index contributed by atoms with van der Waals surface area (Å²) in [5, 5.41) is 7.94. The number of phosphoric ester groups is 1. The minimum atomic E-state index is -3.93. The van der Waals surface area contributed by atoms with Crippen molar-refractivity contribution >= 4 is 7.82 Å². The third-order valence-corrected chi connectivity index (χ3v) is 1.62. The Hall–Kier alpha value is -0.400. The minimum absolute atomic E-state index is 0.0825. The summed E-state index contributed by atoms with van der Waals surface area (Å²) < 4.78 is 18.9. The van der Waals surface area contributed by atoms with Gasteiger partial charge in [-0.05, 0) is 6.92 Å². The van der Waals surface area contributed by atoms with Crippen molar-refractivity contribution < 1.29 is 18.5 Å². The van der Waals surface area contributed by atoms with E-state index in [2.05, 4.69) is 9.05 Å². The van der Waals surface area contributed by atoms with Crippen molar-refractivity contribution in [3.8, 4) is 6.07 Å². The van der Waals surface area contributed by atoms with Gasteiger partial charge in [-0.25, -0.2) is 4.57 Å². The van der Waals surface area contributed by atoms with Gasteiger partial charge in [-0.15, -0.1) is 0 Å². The molecule has 0 saturated carbocycles. The van der Waals surface area contributed by atoms with E-state index in [0.717, 1.165) is 0 Å². The fourth-order valence-corrected chi connectivity index (χ4v) is 0.933. The van der Waals surface area contributed by atoms with E-state index < -0.39 is 14.4 Å². The minimum Gasteiger partial charge on any atom is -0.302 e. The molecule has 0 aromatic rings. The van der Waals surface area contributed by atoms with Crippen molar-refractivity contribution in [2.45, 2.75) is 6.92 Å². The van der Waals surface area contributed by atoms with Gasteiger partial charge < -0.3 is 4.89 Å². The molecule has 0 aliphatic rings. The second kappa shape index (κ2) is 4.42. The van der Waals surface area contributed by atoms with Crippen molar-refractivity contribution in [3.63, 3.8) is 0 Å². The van der Waals surface area contributed by atoms with E-state index in [1.165, 1.54) is 0 Å². The van der Waals surface area contributed by atoms with Crippen LogP contribution in [0.5, 0.6) is 0 Å². The lowest BCUT2D eigenvalue weighted by Crippen LogP contribution is -1.94. The lowest BCUT2D eigenvalue weighted by Gasteiger charge is -2.06. The average molecular weight is 165 g/mol. The first-order valence-electron chi connectivity index (χ1n) is 2.61. The molecule has 0 saturated heterocycles. The van der Waals surface area contributed by atoms with Crippen LogP contribution in [-0.4, -0.2) is 18.1 Å². The first-order chi connectivity index (χ1) is 4.62. The van der Waals surface area contributed by atoms with Crippen LogP contribution in [0.2, 0.25) is 0 Å². The maximum atomic E-state index is 10.5. The van der Waals surface area contributed by atoms with E-state index in [1.807, 2.05) is 0 Å². The molecule has 0 aromatic heterocycles. The van der Waals surface area contributed by atoms with Gasteiger partial charge in [0.1, 0.15) is 6.61 Å². The quantitative estimate of drug-likeness (QED) is 0.619. The predicted octanol–water partition coefficient (Wildman–Crippen LogP) is 0.663. The molecule has 0 radical (unpaired) electrons. The van der Waals surface area contributed by atoms with Crippen LogP contribution in [0, 0.1) is 11.3 Å². The molecule has 0 rings (SSSR count). The van der Waals surface area contributed by atoms with Gasteiger partial charge in [0.2, 0.25) is 0 Å². The van der Waals surface area contributed by atoms with Crippen molar-refractivity contribution in [1.29, 1.82) is 5.26 Å². The van der Waals surface area contributed by atoms with Gasteiger partial charge in [-0.2, -0.15) is 5.26 Å². The summed E-state index contributed by atoms with van der Waals surface area (Å²) in [6.07, 6.45) is 0. The van der Waals surface area contributed by atoms with Crippen molar-refractivity contribution in [2.75, 3.05) is 13.2 Å². The largest absolute Gasteiger partial charge is 0.473 e. The standard InChI is InChI=1S/C4H8NO4P/c1-2-8-10(6,7)9-4-3-5/h2,4H2,1H3,(H,6,7). The first-order valence-corrected chi connectivity index (χ1v) is 4.10. The topological polar surface area (TPSA) is 79.6 Å². The highest BCUT2D eigenvalue weighted by Gasteiger charge is 2.18. The summed E-state index contributed by atoms with van der Waals surface area (Å²) >= 11 is 0. The molecule has 0 heterocycles. The summed E-state index contributed by atoms with van der Waals surface area (Å²) in [6.45, 7) is 1.20. The predicted molar refractivity (Wildman–Crippen MR) is 33.0 cm³/mol. The number of nitrogens with zero attached hydrogens (tertiary/aromatic N) is 1. The zero-order valence-corrected chi connectivity index (χ0v) is 6.38. The SMILES string of the molecule is CCOP(=O)(O)OCC#N. The summed E-state index contributed by atoms with van der Waals surface area (Å²) in [4.78, 5) is 8.61. The van der Waals surface area contributed by atoms with E-state index in [1.54, 1.807) is 13.0 Å². The summed E-state index contributed by atoms with van der Waals surface area (Å²) in [7, 11) is -3.93. The summed E-state index contributed by atoms with van der Waals surface area (Å²) in [5.74, 6) is 0. The second-order valence-electron chi connectivity index (χ2n) is 1.32. The molecule has 10 heavy (non-hydrogen) atoms. The molecule has 1 unspecified atom stereocenters. The molecule has 0 spiro atoms. The first kappa shape index (κ1) is 9.60. The smallest absolute Gasteiger partial charge is 0.302 e. The molecule has 0 amide bonds. The van der Waals surface area contributed by atoms with Gasteiger partial charge in [-0.3, -0.25) is 9.05 Å². The zero-order chi connectivity index (χ0) is 8.04. The third kappa shape index (κ3) is 4.48. The molecule has 0 bridgehead atoms. The molecule has 5 nitrogen and oxygen atoms in total. The van der Waals surface area contributed by atoms with Crippen LogP contribution in [0.1, 0.15) is 6.92 Å². The Kier molecular flexibility index (Phi) is 4.24. The van der Waals surface area contributed by atoms with E-state index in [-0.39, 0.29) is 6.61 Å². The van der Waals surface area contributed by atoms with E-state index in [9.17, 15) is 4.57 Å². The average Bonchev–Trinajstić information content (AvgIpc) is 1.84. The van der Waals surface area contributed by atoms with Crippen molar-refractivity contribution in [1.82, 2.24) is 0 Å². The molecule has 0 aliphatic carbocycles. The van der Waals surface area contributed by atoms with Crippen molar-refractivity contribution in [2.24, 2.45) is 0 Å². The van der Waals surface area contributed by atoms with Gasteiger partial charge in [0.05, 0.1) is 12.7 Å². The fourth-order valence-electron chi connectivity index (χ4n) is 0.311. The number of nitriles is 1. The third-order valence-electron chi connectivity index (χ3n) is 0.584. The molecule has 0 fully saturated rings. The Morgan fingerprint density at radius 1 is 1.70 bits per heavy atom. The number of hydrogen-bond donors (Lipinski definition) is 1. The van der Waals surface area contributed by atoms with Crippen LogP contribution in [0.15, 0.2) is 0 Å². The highest BCUT2D eigenvalue weighted by atomic mass is 31.2. The van der Waals surface area contributed by atoms with E-state index in [4.69, 9.17) is 10.2 Å². The van der Waals surface area contributed by atoms with E-state index in [0.29, 0.717) is 0 Å². The zero-order valence-electron chi connectivity index (χ0n) is 5.48. The fraction of sp³-hybridized carbons (Fsp3) is 0.750. The normalized spacial score (nSPS) is 15.7. The van der Waals surface area contributed by atoms with Gasteiger partial charge in [-0.1, -0.05) is 0 Å². The van der Waals surface area contributed by atoms with Gasteiger partial charge >= 0.3 is 7.82 Å². The van der Waals surface area contributed by atoms with Crippen molar-refractivity contribution in [3.05, 3.63) is 0 Å². The molecule has 0 aromatic carbocycles. The van der Waals surface area contributed by atoms with Crippen LogP contribution >= 0.6 is 7.82 Å². The number of rotatable bonds is 4. The van der Waals surface area contributed by atoms with Crippen LogP contribution in [-0.2, 0) is 13.6 Å². The summed E-state index contributed by atoms with van der Waals surface area (Å²) in [6, 6.07) is 1.55. The van der Waals surface area contributed by atoms with Crippen LogP contribution in [0.25, 0.3) is 0 Å². The molecule has 58 valence electrons. The number of phosphoric acid groups is 1. The highest BCUT2D eigenvalue weighted by Crippen LogP contribution is 2.42. The van der Waals surface area contributed by atoms with Crippen LogP contribution in [0.3, 0.4) is 0 Å². The summed E-state index contributed by atoms with van der Waals surface area (Å²) in [5.41, 5.74) is 0. The van der Waals surface area contributed by atoms with Crippen LogP contribution in [0.4, 0.5) is 0 Å². The Bertz CT molecular complexity index is 175. The molecular weight excluding hydrogens is 157 g/mol.